The molecule has 0 spiro atoms. The minimum atomic E-state index is -0.832. The molecule has 1 saturated carbocycles. The number of ether oxygens (including phenoxy) is 1. The van der Waals surface area contributed by atoms with Crippen molar-refractivity contribution >= 4 is 5.97 Å². The van der Waals surface area contributed by atoms with E-state index in [0.717, 1.165) is 24.8 Å². The second-order valence-corrected chi connectivity index (χ2v) is 5.48. The van der Waals surface area contributed by atoms with Crippen LogP contribution in [0, 0.1) is 11.8 Å². The van der Waals surface area contributed by atoms with Crippen molar-refractivity contribution in [2.24, 2.45) is 11.8 Å². The first kappa shape index (κ1) is 14.9. The summed E-state index contributed by atoms with van der Waals surface area (Å²) >= 11 is 0. The molecule has 0 amide bonds. The maximum Gasteiger partial charge on any atom is 0.307 e. The zero-order chi connectivity index (χ0) is 14.5. The number of rotatable bonds is 5. The molecule has 1 aliphatic rings. The molecule has 4 nitrogen and oxygen atoms in total. The van der Waals surface area contributed by atoms with Gasteiger partial charge in [-0.15, -0.1) is 0 Å². The average molecular weight is 278 g/mol. The maximum atomic E-state index is 11.6. The predicted molar refractivity (Wildman–Crippen MR) is 75.8 cm³/mol. The third kappa shape index (κ3) is 3.31. The summed E-state index contributed by atoms with van der Waals surface area (Å²) in [5.41, 5.74) is 0.889. The first-order valence-corrected chi connectivity index (χ1v) is 7.16. The van der Waals surface area contributed by atoms with Gasteiger partial charge in [0.25, 0.3) is 0 Å². The molecular formula is C16H22O4. The van der Waals surface area contributed by atoms with Crippen molar-refractivity contribution in [3.63, 3.8) is 0 Å². The molecule has 2 rings (SSSR count). The van der Waals surface area contributed by atoms with Gasteiger partial charge < -0.3 is 14.9 Å². The van der Waals surface area contributed by atoms with Crippen molar-refractivity contribution in [2.45, 2.75) is 38.2 Å². The second-order valence-electron chi connectivity index (χ2n) is 5.48. The molecular weight excluding hydrogens is 256 g/mol. The number of carboxylic acid groups (broad SMARTS) is 1. The zero-order valence-electron chi connectivity index (χ0n) is 11.8. The van der Waals surface area contributed by atoms with Gasteiger partial charge in [0.15, 0.2) is 0 Å². The summed E-state index contributed by atoms with van der Waals surface area (Å²) in [6.07, 6.45) is 3.38. The molecule has 0 saturated heterocycles. The highest BCUT2D eigenvalue weighted by Gasteiger charge is 2.35. The van der Waals surface area contributed by atoms with E-state index >= 15 is 0 Å². The Labute approximate surface area is 119 Å². The molecule has 1 fully saturated rings. The normalized spacial score (nSPS) is 24.1. The van der Waals surface area contributed by atoms with Crippen molar-refractivity contribution in [3.8, 4) is 5.75 Å². The summed E-state index contributed by atoms with van der Waals surface area (Å²) in [6.45, 7) is 0. The van der Waals surface area contributed by atoms with Gasteiger partial charge in [-0.3, -0.25) is 4.79 Å². The van der Waals surface area contributed by atoms with E-state index in [9.17, 15) is 15.0 Å². The number of carboxylic acids is 1. The number of benzene rings is 1. The van der Waals surface area contributed by atoms with Crippen LogP contribution in [-0.2, 0) is 11.2 Å². The molecule has 0 heterocycles. The third-order valence-corrected chi connectivity index (χ3v) is 4.25. The van der Waals surface area contributed by atoms with Gasteiger partial charge in [0, 0.05) is 0 Å². The van der Waals surface area contributed by atoms with E-state index in [2.05, 4.69) is 0 Å². The Kier molecular flexibility index (Phi) is 5.01. The third-order valence-electron chi connectivity index (χ3n) is 4.25. The number of methoxy groups -OCH3 is 1. The molecule has 1 aliphatic carbocycles. The van der Waals surface area contributed by atoms with Crippen LogP contribution in [0.2, 0.25) is 0 Å². The average Bonchev–Trinajstić information content (AvgIpc) is 2.46. The van der Waals surface area contributed by atoms with Gasteiger partial charge in [-0.1, -0.05) is 31.0 Å². The summed E-state index contributed by atoms with van der Waals surface area (Å²) < 4.78 is 5.28. The lowest BCUT2D eigenvalue weighted by molar-refractivity contribution is -0.146. The summed E-state index contributed by atoms with van der Waals surface area (Å²) in [5, 5.41) is 19.6. The second kappa shape index (κ2) is 6.75. The molecule has 0 aromatic heterocycles. The zero-order valence-corrected chi connectivity index (χ0v) is 11.8. The van der Waals surface area contributed by atoms with Crippen LogP contribution in [0.4, 0.5) is 0 Å². The van der Waals surface area contributed by atoms with E-state index in [4.69, 9.17) is 4.74 Å². The Morgan fingerprint density at radius 1 is 1.35 bits per heavy atom. The molecule has 1 aromatic carbocycles. The summed E-state index contributed by atoms with van der Waals surface area (Å²) in [5.74, 6) is -0.835. The van der Waals surface area contributed by atoms with Crippen LogP contribution in [0.5, 0.6) is 5.75 Å². The van der Waals surface area contributed by atoms with E-state index in [-0.39, 0.29) is 5.92 Å². The van der Waals surface area contributed by atoms with Crippen molar-refractivity contribution in [1.29, 1.82) is 0 Å². The lowest BCUT2D eigenvalue weighted by Crippen LogP contribution is -2.36. The van der Waals surface area contributed by atoms with Crippen LogP contribution in [0.15, 0.2) is 24.3 Å². The van der Waals surface area contributed by atoms with Gasteiger partial charge in [-0.25, -0.2) is 0 Å². The van der Waals surface area contributed by atoms with Crippen LogP contribution >= 0.6 is 0 Å². The summed E-state index contributed by atoms with van der Waals surface area (Å²) in [4.78, 5) is 11.6. The molecule has 110 valence electrons. The van der Waals surface area contributed by atoms with Crippen LogP contribution < -0.4 is 4.74 Å². The Morgan fingerprint density at radius 2 is 2.05 bits per heavy atom. The van der Waals surface area contributed by atoms with Gasteiger partial charge in [0.05, 0.1) is 19.1 Å². The lowest BCUT2D eigenvalue weighted by atomic mass is 9.75. The van der Waals surface area contributed by atoms with Crippen molar-refractivity contribution < 1.29 is 19.7 Å². The highest BCUT2D eigenvalue weighted by Crippen LogP contribution is 2.34. The maximum absolute atomic E-state index is 11.6. The number of hydrogen-bond donors (Lipinski definition) is 2. The number of aliphatic hydroxyl groups is 1. The Hall–Kier alpha value is -1.55. The van der Waals surface area contributed by atoms with Crippen LogP contribution in [0.3, 0.4) is 0 Å². The molecule has 0 aliphatic heterocycles. The van der Waals surface area contributed by atoms with Gasteiger partial charge in [0.2, 0.25) is 0 Å². The van der Waals surface area contributed by atoms with E-state index in [1.807, 2.05) is 24.3 Å². The quantitative estimate of drug-likeness (QED) is 0.868. The molecule has 0 radical (unpaired) electrons. The van der Waals surface area contributed by atoms with Crippen molar-refractivity contribution in [1.82, 2.24) is 0 Å². The van der Waals surface area contributed by atoms with E-state index in [1.165, 1.54) is 0 Å². The van der Waals surface area contributed by atoms with Gasteiger partial charge in [0.1, 0.15) is 5.75 Å². The lowest BCUT2D eigenvalue weighted by Gasteiger charge is -2.32. The highest BCUT2D eigenvalue weighted by atomic mass is 16.5. The predicted octanol–water partition coefficient (Wildman–Crippen LogP) is 2.49. The summed E-state index contributed by atoms with van der Waals surface area (Å²) in [6, 6.07) is 7.48. The minimum Gasteiger partial charge on any atom is -0.496 e. The van der Waals surface area contributed by atoms with E-state index in [0.29, 0.717) is 18.6 Å². The van der Waals surface area contributed by atoms with Crippen LogP contribution in [-0.4, -0.2) is 29.4 Å². The number of hydrogen-bond acceptors (Lipinski definition) is 3. The largest absolute Gasteiger partial charge is 0.496 e. The van der Waals surface area contributed by atoms with Crippen LogP contribution in [0.1, 0.15) is 31.2 Å². The van der Waals surface area contributed by atoms with E-state index < -0.39 is 18.0 Å². The Balaban J connectivity index is 2.19. The number of carbonyl (C=O) groups is 1. The number of para-hydroxylation sites is 1. The van der Waals surface area contributed by atoms with Gasteiger partial charge in [-0.05, 0) is 36.8 Å². The first-order chi connectivity index (χ1) is 9.63. The SMILES string of the molecule is COc1ccccc1CC(C(=O)O)C1CCCCC1O. The number of aliphatic hydroxyl groups excluding tert-OH is 1. The van der Waals surface area contributed by atoms with Crippen LogP contribution in [0.25, 0.3) is 0 Å². The fraction of sp³-hybridized carbons (Fsp3) is 0.562. The molecule has 3 atom stereocenters. The fourth-order valence-electron chi connectivity index (χ4n) is 3.14. The molecule has 0 bridgehead atoms. The highest BCUT2D eigenvalue weighted by molar-refractivity contribution is 5.71. The molecule has 20 heavy (non-hydrogen) atoms. The summed E-state index contributed by atoms with van der Waals surface area (Å²) in [7, 11) is 1.59. The van der Waals surface area contributed by atoms with Gasteiger partial charge in [-0.2, -0.15) is 0 Å². The van der Waals surface area contributed by atoms with E-state index in [1.54, 1.807) is 7.11 Å². The first-order valence-electron chi connectivity index (χ1n) is 7.16. The monoisotopic (exact) mass is 278 g/mol. The smallest absolute Gasteiger partial charge is 0.307 e. The Bertz CT molecular complexity index is 458. The topological polar surface area (TPSA) is 66.8 Å². The molecule has 2 N–H and O–H groups in total. The minimum absolute atomic E-state index is 0.161. The Morgan fingerprint density at radius 3 is 2.70 bits per heavy atom. The fourth-order valence-corrected chi connectivity index (χ4v) is 3.14. The van der Waals surface area contributed by atoms with Crippen molar-refractivity contribution in [2.75, 3.05) is 7.11 Å². The molecule has 3 unspecified atom stereocenters. The van der Waals surface area contributed by atoms with Crippen molar-refractivity contribution in [3.05, 3.63) is 29.8 Å². The molecule has 1 aromatic rings. The molecule has 4 heteroatoms. The number of aliphatic carboxylic acids is 1. The standard InChI is InChI=1S/C16H22O4/c1-20-15-9-5-2-6-11(15)10-13(16(18)19)12-7-3-4-8-14(12)17/h2,5-6,9,12-14,17H,3-4,7-8,10H2,1H3,(H,18,19). The van der Waals surface area contributed by atoms with Gasteiger partial charge >= 0.3 is 5.97 Å².